The van der Waals surface area contributed by atoms with Crippen molar-refractivity contribution in [3.63, 3.8) is 0 Å². The number of hydrogen-bond donors (Lipinski definition) is 0. The summed E-state index contributed by atoms with van der Waals surface area (Å²) in [4.78, 5) is 0. The molecule has 0 spiro atoms. The van der Waals surface area contributed by atoms with Crippen molar-refractivity contribution in [2.24, 2.45) is 0 Å². The summed E-state index contributed by atoms with van der Waals surface area (Å²) in [5.41, 5.74) is 13.1. The molecule has 0 saturated carbocycles. The summed E-state index contributed by atoms with van der Waals surface area (Å²) in [5.74, 6) is 0. The first-order valence-corrected chi connectivity index (χ1v) is 17.1. The average molecular weight is 566 g/mol. The molecule has 0 saturated heterocycles. The Labute approximate surface area is 180 Å². The van der Waals surface area contributed by atoms with Gasteiger partial charge in [-0.1, -0.05) is 0 Å². The van der Waals surface area contributed by atoms with Crippen molar-refractivity contribution < 1.29 is 0 Å². The standard InChI is InChI=1S/3C9H11.Pb.H/c3*1-7-4-8(2)6-9(3)5-7;;/h3*4-5H,1-3H3;;. The number of hydrogen-bond acceptors (Lipinski definition) is 0. The Bertz CT molecular complexity index is 850. The Morgan fingerprint density at radius 3 is 0.714 bits per heavy atom. The van der Waals surface area contributed by atoms with E-state index in [9.17, 15) is 0 Å². The van der Waals surface area contributed by atoms with Gasteiger partial charge in [-0.2, -0.15) is 0 Å². The van der Waals surface area contributed by atoms with Crippen LogP contribution in [0.25, 0.3) is 0 Å². The van der Waals surface area contributed by atoms with E-state index in [1.807, 2.05) is 0 Å². The van der Waals surface area contributed by atoms with E-state index in [-0.39, 0.29) is 0 Å². The van der Waals surface area contributed by atoms with E-state index in [4.69, 9.17) is 0 Å². The van der Waals surface area contributed by atoms with Crippen molar-refractivity contribution in [3.05, 3.63) is 86.5 Å². The molecular formula is C27H34Pb. The van der Waals surface area contributed by atoms with Crippen LogP contribution in [0, 0.1) is 62.3 Å². The number of aryl methyl sites for hydroxylation is 9. The third kappa shape index (κ3) is 3.98. The SMILES string of the molecule is Cc1cc(C)[c]([PbH]([c]2c(C)cc(C)cc2C)[c]2c(C)cc(C)cc2C)c(C)c1. The van der Waals surface area contributed by atoms with Gasteiger partial charge < -0.3 is 0 Å². The second kappa shape index (κ2) is 8.14. The average Bonchev–Trinajstić information content (AvgIpc) is 2.51. The van der Waals surface area contributed by atoms with Crippen LogP contribution < -0.4 is 9.37 Å². The molecule has 0 aliphatic heterocycles. The summed E-state index contributed by atoms with van der Waals surface area (Å²) in [6, 6.07) is 14.4. The van der Waals surface area contributed by atoms with Gasteiger partial charge in [0.25, 0.3) is 0 Å². The molecule has 0 atom stereocenters. The minimum atomic E-state index is -2.73. The van der Waals surface area contributed by atoms with E-state index in [2.05, 4.69) is 98.7 Å². The van der Waals surface area contributed by atoms with Gasteiger partial charge in [-0.15, -0.1) is 0 Å². The van der Waals surface area contributed by atoms with Gasteiger partial charge >= 0.3 is 181 Å². The molecule has 3 aromatic carbocycles. The monoisotopic (exact) mass is 566 g/mol. The fourth-order valence-corrected chi connectivity index (χ4v) is 21.3. The molecule has 28 heavy (non-hydrogen) atoms. The Balaban J connectivity index is 2.45. The van der Waals surface area contributed by atoms with Crippen molar-refractivity contribution in [1.29, 1.82) is 0 Å². The summed E-state index contributed by atoms with van der Waals surface area (Å²) in [6.07, 6.45) is 0. The van der Waals surface area contributed by atoms with Gasteiger partial charge in [0.15, 0.2) is 0 Å². The first kappa shape index (κ1) is 21.3. The van der Waals surface area contributed by atoms with E-state index in [0.29, 0.717) is 0 Å². The van der Waals surface area contributed by atoms with Gasteiger partial charge in [0.2, 0.25) is 0 Å². The van der Waals surface area contributed by atoms with Crippen LogP contribution in [0.1, 0.15) is 50.1 Å². The minimum absolute atomic E-state index is 1.38. The van der Waals surface area contributed by atoms with Crippen LogP contribution in [0.4, 0.5) is 0 Å². The molecule has 0 aliphatic carbocycles. The third-order valence-corrected chi connectivity index (χ3v) is 23.4. The van der Waals surface area contributed by atoms with Gasteiger partial charge in [0.05, 0.1) is 0 Å². The molecule has 0 heterocycles. The molecule has 0 N–H and O–H groups in total. The Morgan fingerprint density at radius 2 is 0.536 bits per heavy atom. The molecule has 0 amide bonds. The molecule has 0 aromatic heterocycles. The Hall–Kier alpha value is -1.42. The van der Waals surface area contributed by atoms with Crippen molar-refractivity contribution in [2.45, 2.75) is 62.3 Å². The van der Waals surface area contributed by atoms with Crippen LogP contribution in [-0.2, 0) is 0 Å². The van der Waals surface area contributed by atoms with Crippen molar-refractivity contribution in [1.82, 2.24) is 0 Å². The quantitative estimate of drug-likeness (QED) is 0.404. The summed E-state index contributed by atoms with van der Waals surface area (Å²) in [6.45, 7) is 20.7. The van der Waals surface area contributed by atoms with Crippen LogP contribution in [0.5, 0.6) is 0 Å². The van der Waals surface area contributed by atoms with E-state index < -0.39 is 22.7 Å². The number of rotatable bonds is 3. The first-order valence-electron chi connectivity index (χ1n) is 10.3. The topological polar surface area (TPSA) is 0 Å². The van der Waals surface area contributed by atoms with Gasteiger partial charge in [-0.05, 0) is 0 Å². The van der Waals surface area contributed by atoms with Gasteiger partial charge in [-0.25, -0.2) is 0 Å². The fourth-order valence-electron chi connectivity index (χ4n) is 5.37. The molecule has 0 radical (unpaired) electrons. The maximum absolute atomic E-state index is 2.73. The predicted octanol–water partition coefficient (Wildman–Crippen LogP) is 4.71. The van der Waals surface area contributed by atoms with Gasteiger partial charge in [0, 0.05) is 0 Å². The summed E-state index contributed by atoms with van der Waals surface area (Å²) < 4.78 is 5.07. The first-order chi connectivity index (χ1) is 13.1. The van der Waals surface area contributed by atoms with Crippen molar-refractivity contribution in [2.75, 3.05) is 0 Å². The Morgan fingerprint density at radius 1 is 0.357 bits per heavy atom. The predicted molar refractivity (Wildman–Crippen MR) is 128 cm³/mol. The van der Waals surface area contributed by atoms with E-state index in [1.54, 1.807) is 9.37 Å². The summed E-state index contributed by atoms with van der Waals surface area (Å²) in [7, 11) is 0. The van der Waals surface area contributed by atoms with Crippen LogP contribution in [0.3, 0.4) is 0 Å². The van der Waals surface area contributed by atoms with E-state index in [0.717, 1.165) is 0 Å². The zero-order chi connectivity index (χ0) is 20.7. The molecule has 3 rings (SSSR count). The number of benzene rings is 3. The van der Waals surface area contributed by atoms with Crippen LogP contribution >= 0.6 is 0 Å². The molecule has 0 fully saturated rings. The molecule has 1 heteroatoms. The fraction of sp³-hybridized carbons (Fsp3) is 0.333. The molecule has 146 valence electrons. The molecular weight excluding hydrogens is 531 g/mol. The summed E-state index contributed by atoms with van der Waals surface area (Å²) in [5, 5.41) is 0. The van der Waals surface area contributed by atoms with Gasteiger partial charge in [0.1, 0.15) is 0 Å². The second-order valence-electron chi connectivity index (χ2n) is 8.87. The van der Waals surface area contributed by atoms with Crippen molar-refractivity contribution in [3.8, 4) is 0 Å². The molecule has 0 bridgehead atoms. The molecule has 0 unspecified atom stereocenters. The van der Waals surface area contributed by atoms with Crippen LogP contribution in [-0.4, -0.2) is 22.7 Å². The Kier molecular flexibility index (Phi) is 6.19. The second-order valence-corrected chi connectivity index (χ2v) is 19.0. The van der Waals surface area contributed by atoms with Crippen LogP contribution in [0.2, 0.25) is 0 Å². The third-order valence-electron chi connectivity index (χ3n) is 6.08. The van der Waals surface area contributed by atoms with Gasteiger partial charge in [-0.3, -0.25) is 0 Å². The summed E-state index contributed by atoms with van der Waals surface area (Å²) >= 11 is -2.73. The zero-order valence-corrected chi connectivity index (χ0v) is 23.5. The van der Waals surface area contributed by atoms with E-state index in [1.165, 1.54) is 50.1 Å². The van der Waals surface area contributed by atoms with Crippen LogP contribution in [0.15, 0.2) is 36.4 Å². The zero-order valence-electron chi connectivity index (χ0n) is 19.0. The molecule has 0 nitrogen and oxygen atoms in total. The molecule has 3 aromatic rings. The molecule has 0 aliphatic rings. The van der Waals surface area contributed by atoms with Crippen molar-refractivity contribution >= 4 is 32.1 Å². The normalized spacial score (nSPS) is 11.4. The van der Waals surface area contributed by atoms with E-state index >= 15 is 0 Å². The maximum atomic E-state index is 2.40.